The molecule has 1 aliphatic heterocycles. The van der Waals surface area contributed by atoms with Crippen LogP contribution in [0.1, 0.15) is 18.7 Å². The number of nitrogens with zero attached hydrogens (tertiary/aromatic N) is 3. The molecule has 1 aliphatic rings. The van der Waals surface area contributed by atoms with Crippen LogP contribution >= 0.6 is 0 Å². The van der Waals surface area contributed by atoms with Crippen LogP contribution in [0.3, 0.4) is 0 Å². The Hall–Kier alpha value is -1.62. The number of H-pyrrole nitrogens is 1. The van der Waals surface area contributed by atoms with Crippen LogP contribution < -0.4 is 5.32 Å². The molecule has 0 spiro atoms. The number of nitrogens with one attached hydrogen (secondary N) is 2. The largest absolute Gasteiger partial charge is 0.342 e. The number of hydrogen-bond donors (Lipinski definition) is 2. The van der Waals surface area contributed by atoms with Crippen molar-refractivity contribution in [3.8, 4) is 11.3 Å². The Labute approximate surface area is 107 Å². The maximum absolute atomic E-state index is 4.48. The van der Waals surface area contributed by atoms with E-state index in [1.807, 2.05) is 30.3 Å². The fourth-order valence-corrected chi connectivity index (χ4v) is 2.53. The lowest BCUT2D eigenvalue weighted by Crippen LogP contribution is -2.28. The van der Waals surface area contributed by atoms with Crippen molar-refractivity contribution in [2.24, 2.45) is 13.0 Å². The molecule has 2 aromatic heterocycles. The van der Waals surface area contributed by atoms with E-state index in [9.17, 15) is 0 Å². The summed E-state index contributed by atoms with van der Waals surface area (Å²) in [4.78, 5) is 7.89. The smallest absolute Gasteiger partial charge is 0.106 e. The first-order valence-corrected chi connectivity index (χ1v) is 6.55. The minimum Gasteiger partial charge on any atom is -0.342 e. The summed E-state index contributed by atoms with van der Waals surface area (Å²) in [6.45, 7) is 2.28. The van der Waals surface area contributed by atoms with Crippen molar-refractivity contribution in [3.05, 3.63) is 24.4 Å². The van der Waals surface area contributed by atoms with Crippen LogP contribution in [-0.2, 0) is 13.5 Å². The zero-order chi connectivity index (χ0) is 12.4. The molecule has 5 heteroatoms. The highest BCUT2D eigenvalue weighted by Crippen LogP contribution is 2.20. The van der Waals surface area contributed by atoms with E-state index in [4.69, 9.17) is 0 Å². The number of aromatic amines is 1. The van der Waals surface area contributed by atoms with Crippen molar-refractivity contribution in [2.45, 2.75) is 19.3 Å². The topological polar surface area (TPSA) is 58.5 Å². The molecule has 96 valence electrons. The van der Waals surface area contributed by atoms with Crippen LogP contribution in [-0.4, -0.2) is 32.8 Å². The van der Waals surface area contributed by atoms with Gasteiger partial charge in [-0.25, -0.2) is 4.98 Å². The molecule has 0 radical (unpaired) electrons. The monoisotopic (exact) mass is 245 g/mol. The molecule has 3 heterocycles. The molecule has 1 fully saturated rings. The minimum absolute atomic E-state index is 0.763. The molecule has 2 N–H and O–H groups in total. The van der Waals surface area contributed by atoms with E-state index in [-0.39, 0.29) is 0 Å². The Morgan fingerprint density at radius 3 is 2.89 bits per heavy atom. The van der Waals surface area contributed by atoms with Gasteiger partial charge in [0.15, 0.2) is 0 Å². The van der Waals surface area contributed by atoms with E-state index >= 15 is 0 Å². The SMILES string of the molecule is Cn1cc(-c2cnc(CC3CCNCC3)[nH]2)cn1. The van der Waals surface area contributed by atoms with Gasteiger partial charge in [0.05, 0.1) is 18.1 Å². The number of aryl methyl sites for hydroxylation is 1. The summed E-state index contributed by atoms with van der Waals surface area (Å²) in [5, 5.41) is 7.57. The quantitative estimate of drug-likeness (QED) is 0.858. The molecule has 0 aliphatic carbocycles. The molecular weight excluding hydrogens is 226 g/mol. The number of imidazole rings is 1. The number of rotatable bonds is 3. The standard InChI is InChI=1S/C13H19N5/c1-18-9-11(7-16-18)12-8-15-13(17-12)6-10-2-4-14-5-3-10/h7-10,14H,2-6H2,1H3,(H,15,17). The van der Waals surface area contributed by atoms with Crippen LogP contribution in [0.25, 0.3) is 11.3 Å². The molecule has 3 rings (SSSR count). The average Bonchev–Trinajstić information content (AvgIpc) is 2.99. The fraction of sp³-hybridized carbons (Fsp3) is 0.538. The van der Waals surface area contributed by atoms with Crippen LogP contribution in [0.4, 0.5) is 0 Å². The highest BCUT2D eigenvalue weighted by atomic mass is 15.2. The number of aromatic nitrogens is 4. The van der Waals surface area contributed by atoms with Gasteiger partial charge in [-0.1, -0.05) is 0 Å². The molecule has 0 saturated carbocycles. The van der Waals surface area contributed by atoms with Crippen molar-refractivity contribution < 1.29 is 0 Å². The Morgan fingerprint density at radius 1 is 1.33 bits per heavy atom. The molecule has 0 aromatic carbocycles. The van der Waals surface area contributed by atoms with Crippen molar-refractivity contribution >= 4 is 0 Å². The van der Waals surface area contributed by atoms with E-state index in [1.165, 1.54) is 12.8 Å². The van der Waals surface area contributed by atoms with Crippen molar-refractivity contribution in [2.75, 3.05) is 13.1 Å². The van der Waals surface area contributed by atoms with Crippen LogP contribution in [0, 0.1) is 5.92 Å². The molecular formula is C13H19N5. The number of hydrogen-bond acceptors (Lipinski definition) is 3. The Morgan fingerprint density at radius 2 is 2.17 bits per heavy atom. The molecule has 0 unspecified atom stereocenters. The third-order valence-corrected chi connectivity index (χ3v) is 3.59. The Kier molecular flexibility index (Phi) is 3.15. The molecule has 5 nitrogen and oxygen atoms in total. The molecule has 0 bridgehead atoms. The van der Waals surface area contributed by atoms with E-state index in [1.54, 1.807) is 0 Å². The minimum atomic E-state index is 0.763. The first-order valence-electron chi connectivity index (χ1n) is 6.55. The summed E-state index contributed by atoms with van der Waals surface area (Å²) < 4.78 is 1.81. The summed E-state index contributed by atoms with van der Waals surface area (Å²) in [5.74, 6) is 1.86. The third-order valence-electron chi connectivity index (χ3n) is 3.59. The molecule has 18 heavy (non-hydrogen) atoms. The summed E-state index contributed by atoms with van der Waals surface area (Å²) in [6, 6.07) is 0. The highest BCUT2D eigenvalue weighted by molar-refractivity contribution is 5.55. The van der Waals surface area contributed by atoms with Gasteiger partial charge in [0.25, 0.3) is 0 Å². The van der Waals surface area contributed by atoms with Gasteiger partial charge in [-0.15, -0.1) is 0 Å². The van der Waals surface area contributed by atoms with Gasteiger partial charge in [0.1, 0.15) is 5.82 Å². The van der Waals surface area contributed by atoms with Gasteiger partial charge in [-0.05, 0) is 31.8 Å². The summed E-state index contributed by atoms with van der Waals surface area (Å²) in [7, 11) is 1.93. The zero-order valence-corrected chi connectivity index (χ0v) is 10.7. The van der Waals surface area contributed by atoms with Gasteiger partial charge in [0, 0.05) is 25.2 Å². The molecule has 0 atom stereocenters. The van der Waals surface area contributed by atoms with E-state index in [2.05, 4.69) is 20.4 Å². The maximum Gasteiger partial charge on any atom is 0.106 e. The van der Waals surface area contributed by atoms with Gasteiger partial charge < -0.3 is 10.3 Å². The zero-order valence-electron chi connectivity index (χ0n) is 10.7. The first-order chi connectivity index (χ1) is 8.81. The van der Waals surface area contributed by atoms with E-state index < -0.39 is 0 Å². The Bertz CT molecular complexity index is 507. The number of piperidine rings is 1. The van der Waals surface area contributed by atoms with Crippen molar-refractivity contribution in [3.63, 3.8) is 0 Å². The highest BCUT2D eigenvalue weighted by Gasteiger charge is 2.15. The first kappa shape index (κ1) is 11.5. The third kappa shape index (κ3) is 2.46. The van der Waals surface area contributed by atoms with Crippen LogP contribution in [0.15, 0.2) is 18.6 Å². The van der Waals surface area contributed by atoms with Crippen molar-refractivity contribution in [1.82, 2.24) is 25.1 Å². The molecule has 0 amide bonds. The summed E-state index contributed by atoms with van der Waals surface area (Å²) in [5.41, 5.74) is 2.16. The van der Waals surface area contributed by atoms with E-state index in [0.717, 1.165) is 42.5 Å². The van der Waals surface area contributed by atoms with Gasteiger partial charge in [0.2, 0.25) is 0 Å². The predicted octanol–water partition coefficient (Wildman–Crippen LogP) is 1.35. The normalized spacial score (nSPS) is 17.2. The maximum atomic E-state index is 4.48. The Balaban J connectivity index is 1.69. The predicted molar refractivity (Wildman–Crippen MR) is 70.1 cm³/mol. The van der Waals surface area contributed by atoms with Crippen LogP contribution in [0.2, 0.25) is 0 Å². The van der Waals surface area contributed by atoms with Crippen LogP contribution in [0.5, 0.6) is 0 Å². The average molecular weight is 245 g/mol. The van der Waals surface area contributed by atoms with E-state index in [0.29, 0.717) is 0 Å². The lowest BCUT2D eigenvalue weighted by atomic mass is 9.94. The second-order valence-electron chi connectivity index (χ2n) is 5.04. The van der Waals surface area contributed by atoms with Gasteiger partial charge in [-0.2, -0.15) is 5.10 Å². The lowest BCUT2D eigenvalue weighted by molar-refractivity contribution is 0.368. The van der Waals surface area contributed by atoms with Crippen molar-refractivity contribution in [1.29, 1.82) is 0 Å². The van der Waals surface area contributed by atoms with Gasteiger partial charge in [-0.3, -0.25) is 4.68 Å². The fourth-order valence-electron chi connectivity index (χ4n) is 2.53. The van der Waals surface area contributed by atoms with Gasteiger partial charge >= 0.3 is 0 Å². The lowest BCUT2D eigenvalue weighted by Gasteiger charge is -2.21. The second kappa shape index (κ2) is 4.94. The molecule has 1 saturated heterocycles. The second-order valence-corrected chi connectivity index (χ2v) is 5.04. The summed E-state index contributed by atoms with van der Waals surface area (Å²) >= 11 is 0. The molecule has 2 aromatic rings. The summed E-state index contributed by atoms with van der Waals surface area (Å²) in [6.07, 6.45) is 9.34.